The van der Waals surface area contributed by atoms with Gasteiger partial charge in [0.1, 0.15) is 11.4 Å². The third-order valence-electron chi connectivity index (χ3n) is 2.16. The van der Waals surface area contributed by atoms with Gasteiger partial charge in [-0.05, 0) is 13.0 Å². The van der Waals surface area contributed by atoms with Gasteiger partial charge in [-0.25, -0.2) is 4.79 Å². The van der Waals surface area contributed by atoms with Gasteiger partial charge in [0, 0.05) is 19.3 Å². The number of rotatable bonds is 3. The summed E-state index contributed by atoms with van der Waals surface area (Å²) in [6, 6.07) is 3.47. The average molecular weight is 220 g/mol. The van der Waals surface area contributed by atoms with Gasteiger partial charge in [-0.1, -0.05) is 0 Å². The smallest absolute Gasteiger partial charge is 0.356 e. The number of aromatic nitrogens is 4. The molecule has 6 heteroatoms. The lowest BCUT2D eigenvalue weighted by Gasteiger charge is -1.96. The van der Waals surface area contributed by atoms with E-state index in [1.807, 2.05) is 13.1 Å². The zero-order valence-electron chi connectivity index (χ0n) is 9.10. The van der Waals surface area contributed by atoms with Crippen molar-refractivity contribution in [2.75, 3.05) is 6.61 Å². The number of aromatic amines is 1. The highest BCUT2D eigenvalue weighted by Crippen LogP contribution is 2.16. The quantitative estimate of drug-likeness (QED) is 0.783. The third-order valence-corrected chi connectivity index (χ3v) is 2.16. The minimum atomic E-state index is -0.400. The number of carbonyl (C=O) groups excluding carboxylic acids is 1. The SMILES string of the molecule is CCOC(=O)c1cc(-c2ccnn2C)n[nH]1. The van der Waals surface area contributed by atoms with Crippen molar-refractivity contribution < 1.29 is 9.53 Å². The Bertz CT molecular complexity index is 500. The first-order valence-corrected chi connectivity index (χ1v) is 4.93. The molecule has 84 valence electrons. The molecule has 16 heavy (non-hydrogen) atoms. The molecule has 0 spiro atoms. The summed E-state index contributed by atoms with van der Waals surface area (Å²) in [5.74, 6) is -0.400. The monoisotopic (exact) mass is 220 g/mol. The predicted octanol–water partition coefficient (Wildman–Crippen LogP) is 0.987. The molecular formula is C10H12N4O2. The topological polar surface area (TPSA) is 72.8 Å². The zero-order valence-corrected chi connectivity index (χ0v) is 9.10. The standard InChI is InChI=1S/C10H12N4O2/c1-3-16-10(15)8-6-7(12-13-8)9-4-5-11-14(9)2/h4-6H,3H2,1-2H3,(H,12,13). The van der Waals surface area contributed by atoms with Crippen LogP contribution in [0.25, 0.3) is 11.4 Å². The van der Waals surface area contributed by atoms with Crippen molar-refractivity contribution in [3.63, 3.8) is 0 Å². The molecule has 2 heterocycles. The van der Waals surface area contributed by atoms with Gasteiger partial charge in [0.2, 0.25) is 0 Å². The molecule has 0 amide bonds. The lowest BCUT2D eigenvalue weighted by molar-refractivity contribution is 0.0519. The molecular weight excluding hydrogens is 208 g/mol. The summed E-state index contributed by atoms with van der Waals surface area (Å²) in [6.07, 6.45) is 1.67. The minimum absolute atomic E-state index is 0.345. The molecule has 2 rings (SSSR count). The normalized spacial score (nSPS) is 10.4. The second kappa shape index (κ2) is 4.18. The Morgan fingerprint density at radius 2 is 2.44 bits per heavy atom. The Morgan fingerprint density at radius 3 is 3.06 bits per heavy atom. The van der Waals surface area contributed by atoms with Gasteiger partial charge in [-0.3, -0.25) is 9.78 Å². The van der Waals surface area contributed by atoms with Crippen molar-refractivity contribution in [2.24, 2.45) is 7.05 Å². The Kier molecular flexibility index (Phi) is 2.72. The Hall–Kier alpha value is -2.11. The number of esters is 1. The number of carbonyl (C=O) groups is 1. The summed E-state index contributed by atoms with van der Waals surface area (Å²) >= 11 is 0. The zero-order chi connectivity index (χ0) is 11.5. The van der Waals surface area contributed by atoms with Crippen LogP contribution in [0, 0.1) is 0 Å². The Balaban J connectivity index is 2.26. The van der Waals surface area contributed by atoms with Crippen molar-refractivity contribution >= 4 is 5.97 Å². The van der Waals surface area contributed by atoms with Gasteiger partial charge in [0.15, 0.2) is 0 Å². The molecule has 0 aliphatic rings. The van der Waals surface area contributed by atoms with Crippen LogP contribution in [0.4, 0.5) is 0 Å². The fraction of sp³-hybridized carbons (Fsp3) is 0.300. The molecule has 0 saturated carbocycles. The van der Waals surface area contributed by atoms with Crippen LogP contribution >= 0.6 is 0 Å². The lowest BCUT2D eigenvalue weighted by Crippen LogP contribution is -2.04. The van der Waals surface area contributed by atoms with Gasteiger partial charge in [0.25, 0.3) is 0 Å². The molecule has 0 fully saturated rings. The van der Waals surface area contributed by atoms with Gasteiger partial charge in [-0.15, -0.1) is 0 Å². The second-order valence-electron chi connectivity index (χ2n) is 3.23. The highest BCUT2D eigenvalue weighted by Gasteiger charge is 2.13. The van der Waals surface area contributed by atoms with Crippen molar-refractivity contribution in [3.05, 3.63) is 24.0 Å². The molecule has 0 aromatic carbocycles. The van der Waals surface area contributed by atoms with Crippen LogP contribution in [-0.4, -0.2) is 32.6 Å². The molecule has 2 aromatic rings. The van der Waals surface area contributed by atoms with Crippen LogP contribution in [0.1, 0.15) is 17.4 Å². The minimum Gasteiger partial charge on any atom is -0.461 e. The Labute approximate surface area is 92.2 Å². The van der Waals surface area contributed by atoms with E-state index in [4.69, 9.17) is 4.74 Å². The van der Waals surface area contributed by atoms with E-state index in [-0.39, 0.29) is 0 Å². The molecule has 0 saturated heterocycles. The highest BCUT2D eigenvalue weighted by atomic mass is 16.5. The van der Waals surface area contributed by atoms with E-state index < -0.39 is 5.97 Å². The highest BCUT2D eigenvalue weighted by molar-refractivity contribution is 5.88. The molecule has 6 nitrogen and oxygen atoms in total. The maximum absolute atomic E-state index is 11.4. The van der Waals surface area contributed by atoms with Crippen molar-refractivity contribution in [1.29, 1.82) is 0 Å². The molecule has 0 aliphatic carbocycles. The summed E-state index contributed by atoms with van der Waals surface area (Å²) in [6.45, 7) is 2.11. The summed E-state index contributed by atoms with van der Waals surface area (Å²) in [5, 5.41) is 10.7. The number of aryl methyl sites for hydroxylation is 1. The van der Waals surface area contributed by atoms with Gasteiger partial charge >= 0.3 is 5.97 Å². The first-order chi connectivity index (χ1) is 7.72. The van der Waals surface area contributed by atoms with Crippen LogP contribution in [0.15, 0.2) is 18.3 Å². The molecule has 2 aromatic heterocycles. The van der Waals surface area contributed by atoms with Crippen LogP contribution in [0.5, 0.6) is 0 Å². The summed E-state index contributed by atoms with van der Waals surface area (Å²) in [7, 11) is 1.81. The van der Waals surface area contributed by atoms with E-state index in [2.05, 4.69) is 15.3 Å². The van der Waals surface area contributed by atoms with E-state index in [0.29, 0.717) is 18.0 Å². The summed E-state index contributed by atoms with van der Waals surface area (Å²) in [5.41, 5.74) is 1.85. The fourth-order valence-electron chi connectivity index (χ4n) is 1.39. The molecule has 0 unspecified atom stereocenters. The molecule has 0 aliphatic heterocycles. The third kappa shape index (κ3) is 1.81. The van der Waals surface area contributed by atoms with Crippen LogP contribution < -0.4 is 0 Å². The lowest BCUT2D eigenvalue weighted by atomic mass is 10.3. The largest absolute Gasteiger partial charge is 0.461 e. The summed E-state index contributed by atoms with van der Waals surface area (Å²) < 4.78 is 6.54. The maximum Gasteiger partial charge on any atom is 0.356 e. The van der Waals surface area contributed by atoms with E-state index in [1.54, 1.807) is 23.9 Å². The van der Waals surface area contributed by atoms with Crippen LogP contribution in [0.2, 0.25) is 0 Å². The van der Waals surface area contributed by atoms with Crippen LogP contribution in [-0.2, 0) is 11.8 Å². The average Bonchev–Trinajstić information content (AvgIpc) is 2.86. The van der Waals surface area contributed by atoms with Crippen molar-refractivity contribution in [3.8, 4) is 11.4 Å². The number of nitrogens with zero attached hydrogens (tertiary/aromatic N) is 3. The van der Waals surface area contributed by atoms with Gasteiger partial charge < -0.3 is 4.74 Å². The number of hydrogen-bond donors (Lipinski definition) is 1. The first kappa shape index (κ1) is 10.4. The first-order valence-electron chi connectivity index (χ1n) is 4.93. The number of nitrogens with one attached hydrogen (secondary N) is 1. The second-order valence-corrected chi connectivity index (χ2v) is 3.23. The van der Waals surface area contributed by atoms with Crippen molar-refractivity contribution in [1.82, 2.24) is 20.0 Å². The number of hydrogen-bond acceptors (Lipinski definition) is 4. The van der Waals surface area contributed by atoms with E-state index in [0.717, 1.165) is 5.69 Å². The van der Waals surface area contributed by atoms with Gasteiger partial charge in [-0.2, -0.15) is 10.2 Å². The van der Waals surface area contributed by atoms with Crippen LogP contribution in [0.3, 0.4) is 0 Å². The maximum atomic E-state index is 11.4. The van der Waals surface area contributed by atoms with E-state index >= 15 is 0 Å². The fourth-order valence-corrected chi connectivity index (χ4v) is 1.39. The molecule has 0 atom stereocenters. The molecule has 1 N–H and O–H groups in total. The van der Waals surface area contributed by atoms with E-state index in [9.17, 15) is 4.79 Å². The molecule has 0 radical (unpaired) electrons. The Morgan fingerprint density at radius 1 is 1.62 bits per heavy atom. The molecule has 0 bridgehead atoms. The van der Waals surface area contributed by atoms with E-state index in [1.165, 1.54) is 0 Å². The van der Waals surface area contributed by atoms with Crippen molar-refractivity contribution in [2.45, 2.75) is 6.92 Å². The van der Waals surface area contributed by atoms with Gasteiger partial charge in [0.05, 0.1) is 12.3 Å². The summed E-state index contributed by atoms with van der Waals surface area (Å²) in [4.78, 5) is 11.4. The predicted molar refractivity (Wildman–Crippen MR) is 56.7 cm³/mol. The number of H-pyrrole nitrogens is 1. The number of ether oxygens (including phenoxy) is 1.